The van der Waals surface area contributed by atoms with Crippen LogP contribution in [0.5, 0.6) is 0 Å². The number of nitrogens with one attached hydrogen (secondary N) is 1. The normalized spacial score (nSPS) is 11.0. The number of hydrazone groups is 1. The van der Waals surface area contributed by atoms with Crippen molar-refractivity contribution in [3.63, 3.8) is 0 Å². The number of carbonyl (C=O) groups is 1. The summed E-state index contributed by atoms with van der Waals surface area (Å²) in [5.41, 5.74) is 2.25. The minimum Gasteiger partial charge on any atom is -0.273 e. The third-order valence-electron chi connectivity index (χ3n) is 2.89. The van der Waals surface area contributed by atoms with E-state index >= 15 is 0 Å². The van der Waals surface area contributed by atoms with Crippen molar-refractivity contribution in [3.8, 4) is 0 Å². The Morgan fingerprint density at radius 3 is 2.91 bits per heavy atom. The summed E-state index contributed by atoms with van der Waals surface area (Å²) in [5, 5.41) is 21.7. The fourth-order valence-electron chi connectivity index (χ4n) is 1.71. The van der Waals surface area contributed by atoms with Gasteiger partial charge in [-0.2, -0.15) is 19.7 Å². The van der Waals surface area contributed by atoms with Crippen molar-refractivity contribution in [2.24, 2.45) is 5.10 Å². The van der Waals surface area contributed by atoms with Gasteiger partial charge in [0, 0.05) is 13.0 Å². The van der Waals surface area contributed by atoms with Crippen molar-refractivity contribution in [2.75, 3.05) is 0 Å². The first kappa shape index (κ1) is 16.3. The second-order valence-corrected chi connectivity index (χ2v) is 4.47. The first-order chi connectivity index (χ1) is 11.0. The number of carbonyl (C=O) groups excluding carboxylic acids is 1. The molecule has 0 saturated heterocycles. The minimum atomic E-state index is -0.571. The molecule has 10 nitrogen and oxygen atoms in total. The molecule has 0 radical (unpaired) electrons. The highest BCUT2D eigenvalue weighted by atomic mass is 19.1. The van der Waals surface area contributed by atoms with E-state index in [2.05, 4.69) is 20.7 Å². The van der Waals surface area contributed by atoms with Gasteiger partial charge in [-0.1, -0.05) is 0 Å². The summed E-state index contributed by atoms with van der Waals surface area (Å²) in [7, 11) is 0. The van der Waals surface area contributed by atoms with E-state index < -0.39 is 16.8 Å². The van der Waals surface area contributed by atoms with E-state index in [0.29, 0.717) is 6.54 Å². The van der Waals surface area contributed by atoms with Gasteiger partial charge in [-0.05, 0) is 6.92 Å². The van der Waals surface area contributed by atoms with Gasteiger partial charge in [0.25, 0.3) is 0 Å². The molecule has 1 amide bonds. The van der Waals surface area contributed by atoms with Gasteiger partial charge in [0.2, 0.25) is 11.9 Å². The molecule has 0 atom stereocenters. The second kappa shape index (κ2) is 7.24. The van der Waals surface area contributed by atoms with Crippen molar-refractivity contribution in [1.29, 1.82) is 0 Å². The Bertz CT molecular complexity index is 737. The summed E-state index contributed by atoms with van der Waals surface area (Å²) >= 11 is 0. The quantitative estimate of drug-likeness (QED) is 0.456. The number of aromatic nitrogens is 4. The Kier molecular flexibility index (Phi) is 5.12. The van der Waals surface area contributed by atoms with Crippen LogP contribution in [-0.4, -0.2) is 36.6 Å². The van der Waals surface area contributed by atoms with E-state index in [1.165, 1.54) is 17.1 Å². The van der Waals surface area contributed by atoms with Crippen molar-refractivity contribution >= 4 is 17.8 Å². The van der Waals surface area contributed by atoms with Crippen LogP contribution in [0.1, 0.15) is 18.9 Å². The van der Waals surface area contributed by atoms with E-state index in [-0.39, 0.29) is 24.2 Å². The molecule has 2 aromatic rings. The summed E-state index contributed by atoms with van der Waals surface area (Å²) in [6, 6.07) is 0. The van der Waals surface area contributed by atoms with Gasteiger partial charge in [0.05, 0.1) is 29.4 Å². The molecule has 0 saturated carbocycles. The Morgan fingerprint density at radius 2 is 2.30 bits per heavy atom. The van der Waals surface area contributed by atoms with Crippen LogP contribution in [-0.2, 0) is 17.9 Å². The number of rotatable bonds is 7. The molecule has 122 valence electrons. The maximum Gasteiger partial charge on any atom is 0.306 e. The lowest BCUT2D eigenvalue weighted by Crippen LogP contribution is -2.19. The number of amides is 1. The van der Waals surface area contributed by atoms with E-state index in [1.807, 2.05) is 0 Å². The number of nitrogens with zero attached hydrogens (tertiary/aromatic N) is 6. The van der Waals surface area contributed by atoms with E-state index in [0.717, 1.165) is 17.1 Å². The third kappa shape index (κ3) is 4.18. The molecule has 1 N–H and O–H groups in total. The molecule has 0 unspecified atom stereocenters. The summed E-state index contributed by atoms with van der Waals surface area (Å²) in [4.78, 5) is 21.5. The lowest BCUT2D eigenvalue weighted by atomic mass is 10.4. The lowest BCUT2D eigenvalue weighted by Gasteiger charge is -2.00. The Labute approximate surface area is 129 Å². The summed E-state index contributed by atoms with van der Waals surface area (Å²) in [6.45, 7) is 2.30. The van der Waals surface area contributed by atoms with Gasteiger partial charge in [0.1, 0.15) is 12.4 Å². The van der Waals surface area contributed by atoms with E-state index in [9.17, 15) is 19.3 Å². The van der Waals surface area contributed by atoms with Gasteiger partial charge >= 0.3 is 5.69 Å². The first-order valence-corrected chi connectivity index (χ1v) is 6.71. The van der Waals surface area contributed by atoms with Gasteiger partial charge in [-0.25, -0.2) is 10.1 Å². The molecule has 2 aromatic heterocycles. The minimum absolute atomic E-state index is 0.0207. The van der Waals surface area contributed by atoms with Crippen LogP contribution in [0.15, 0.2) is 23.7 Å². The molecule has 0 spiro atoms. The fourth-order valence-corrected chi connectivity index (χ4v) is 1.71. The molecule has 0 aromatic carbocycles. The predicted molar refractivity (Wildman–Crippen MR) is 77.1 cm³/mol. The molecule has 0 bridgehead atoms. The summed E-state index contributed by atoms with van der Waals surface area (Å²) in [6.07, 6.45) is 4.81. The summed E-state index contributed by atoms with van der Waals surface area (Å²) in [5.74, 6) is -0.961. The highest BCUT2D eigenvalue weighted by Crippen LogP contribution is 2.08. The second-order valence-electron chi connectivity index (χ2n) is 4.47. The molecule has 0 aliphatic carbocycles. The van der Waals surface area contributed by atoms with Gasteiger partial charge in [0.15, 0.2) is 0 Å². The highest BCUT2D eigenvalue weighted by Gasteiger charge is 2.10. The summed E-state index contributed by atoms with van der Waals surface area (Å²) < 4.78 is 16.1. The molecular weight excluding hydrogens is 309 g/mol. The molecule has 23 heavy (non-hydrogen) atoms. The molecule has 0 fully saturated rings. The van der Waals surface area contributed by atoms with Crippen molar-refractivity contribution in [1.82, 2.24) is 25.0 Å². The molecule has 0 aliphatic rings. The third-order valence-corrected chi connectivity index (χ3v) is 2.89. The topological polar surface area (TPSA) is 120 Å². The zero-order valence-electron chi connectivity index (χ0n) is 12.2. The fraction of sp³-hybridized carbons (Fsp3) is 0.333. The molecule has 0 aliphatic heterocycles. The van der Waals surface area contributed by atoms with Crippen LogP contribution in [0.25, 0.3) is 0 Å². The maximum atomic E-state index is 13.6. The van der Waals surface area contributed by atoms with Crippen molar-refractivity contribution in [3.05, 3.63) is 40.2 Å². The van der Waals surface area contributed by atoms with Gasteiger partial charge in [-0.15, -0.1) is 0 Å². The van der Waals surface area contributed by atoms with Crippen molar-refractivity contribution in [2.45, 2.75) is 26.4 Å². The zero-order chi connectivity index (χ0) is 16.8. The highest BCUT2D eigenvalue weighted by molar-refractivity contribution is 5.82. The number of hydrogen-bond acceptors (Lipinski definition) is 6. The molecular formula is C12H14FN7O3. The standard InChI is InChI=1S/C12H14FN7O3/c1-2-19-12(13)9(6-16-19)5-14-17-11(21)3-4-18-8-10(7-15-18)20(22)23/h5-8H,2-4H2,1H3,(H,17,21)/b14-5+. The molecule has 2 heterocycles. The monoisotopic (exact) mass is 323 g/mol. The maximum absolute atomic E-state index is 13.6. The van der Waals surface area contributed by atoms with Gasteiger partial charge in [-0.3, -0.25) is 19.6 Å². The lowest BCUT2D eigenvalue weighted by molar-refractivity contribution is -0.385. The number of nitro groups is 1. The van der Waals surface area contributed by atoms with E-state index in [4.69, 9.17) is 0 Å². The Morgan fingerprint density at radius 1 is 1.52 bits per heavy atom. The first-order valence-electron chi connectivity index (χ1n) is 6.71. The largest absolute Gasteiger partial charge is 0.306 e. The number of aryl methyl sites for hydroxylation is 2. The van der Waals surface area contributed by atoms with Crippen LogP contribution in [0.2, 0.25) is 0 Å². The number of hydrogen-bond donors (Lipinski definition) is 1. The van der Waals surface area contributed by atoms with E-state index in [1.54, 1.807) is 6.92 Å². The van der Waals surface area contributed by atoms with Crippen molar-refractivity contribution < 1.29 is 14.1 Å². The molecule has 11 heteroatoms. The average Bonchev–Trinajstić information content (AvgIpc) is 3.13. The smallest absolute Gasteiger partial charge is 0.273 e. The molecule has 2 rings (SSSR count). The Hall–Kier alpha value is -3.11. The zero-order valence-corrected chi connectivity index (χ0v) is 12.2. The van der Waals surface area contributed by atoms with Crippen LogP contribution < -0.4 is 5.43 Å². The Balaban J connectivity index is 1.81. The van der Waals surface area contributed by atoms with Crippen LogP contribution in [0, 0.1) is 16.1 Å². The van der Waals surface area contributed by atoms with Crippen LogP contribution in [0.4, 0.5) is 10.1 Å². The SMILES string of the molecule is CCn1ncc(/C=N/NC(=O)CCn2cc([N+](=O)[O-])cn2)c1F. The number of halogens is 1. The average molecular weight is 323 g/mol. The van der Waals surface area contributed by atoms with Gasteiger partial charge < -0.3 is 0 Å². The predicted octanol–water partition coefficient (Wildman–Crippen LogP) is 0.687. The van der Waals surface area contributed by atoms with Crippen LogP contribution in [0.3, 0.4) is 0 Å². The van der Waals surface area contributed by atoms with Crippen LogP contribution >= 0.6 is 0 Å².